The molecule has 0 spiro atoms. The highest BCUT2D eigenvalue weighted by molar-refractivity contribution is 7.09. The van der Waals surface area contributed by atoms with Gasteiger partial charge in [0.05, 0.1) is 0 Å². The Morgan fingerprint density at radius 3 is 2.60 bits per heavy atom. The Morgan fingerprint density at radius 2 is 1.88 bits per heavy atom. The molecule has 0 saturated carbocycles. The molecule has 5 heteroatoms. The zero-order chi connectivity index (χ0) is 17.3. The van der Waals surface area contributed by atoms with Gasteiger partial charge in [-0.15, -0.1) is 11.3 Å². The van der Waals surface area contributed by atoms with Crippen LogP contribution in [0.3, 0.4) is 0 Å². The lowest BCUT2D eigenvalue weighted by Gasteiger charge is -2.31. The molecule has 2 amide bonds. The molecule has 0 aliphatic carbocycles. The maximum Gasteiger partial charge on any atom is 0.314 e. The molecule has 0 bridgehead atoms. The molecule has 0 radical (unpaired) electrons. The minimum absolute atomic E-state index is 0.0445. The van der Waals surface area contributed by atoms with Crippen LogP contribution in [0.25, 0.3) is 0 Å². The molecule has 3 rings (SSSR count). The molecule has 0 atom stereocenters. The molecule has 1 aromatic carbocycles. The van der Waals surface area contributed by atoms with E-state index in [9.17, 15) is 4.79 Å². The molecular formula is C20H27N3OS. The molecule has 25 heavy (non-hydrogen) atoms. The van der Waals surface area contributed by atoms with Gasteiger partial charge in [0.1, 0.15) is 0 Å². The monoisotopic (exact) mass is 357 g/mol. The minimum Gasteiger partial charge on any atom is -0.338 e. The van der Waals surface area contributed by atoms with Crippen LogP contribution in [0.4, 0.5) is 4.79 Å². The lowest BCUT2D eigenvalue weighted by Crippen LogP contribution is -2.42. The number of hydrogen-bond acceptors (Lipinski definition) is 3. The van der Waals surface area contributed by atoms with Gasteiger partial charge in [0.25, 0.3) is 0 Å². The summed E-state index contributed by atoms with van der Waals surface area (Å²) in [7, 11) is 0. The third-order valence-electron chi connectivity index (χ3n) is 4.76. The summed E-state index contributed by atoms with van der Waals surface area (Å²) in [4.78, 5) is 15.9. The summed E-state index contributed by atoms with van der Waals surface area (Å²) in [6.07, 6.45) is 3.20. The highest BCUT2D eigenvalue weighted by Gasteiger charge is 2.19. The van der Waals surface area contributed by atoms with Crippen molar-refractivity contribution in [1.29, 1.82) is 0 Å². The third-order valence-corrected chi connectivity index (χ3v) is 5.62. The SMILES string of the molecule is O=C(NCCc1ccccc1)NCC1CCN(Cc2cccs2)CC1. The first-order chi connectivity index (χ1) is 12.3. The molecule has 1 saturated heterocycles. The fraction of sp³-hybridized carbons (Fsp3) is 0.450. The molecule has 4 nitrogen and oxygen atoms in total. The molecule has 1 fully saturated rings. The highest BCUT2D eigenvalue weighted by Crippen LogP contribution is 2.20. The Balaban J connectivity index is 1.27. The predicted octanol–water partition coefficient (Wildman–Crippen LogP) is 3.50. The summed E-state index contributed by atoms with van der Waals surface area (Å²) in [5, 5.41) is 8.12. The number of nitrogens with zero attached hydrogens (tertiary/aromatic N) is 1. The van der Waals surface area contributed by atoms with Crippen LogP contribution in [0.1, 0.15) is 23.3 Å². The quantitative estimate of drug-likeness (QED) is 0.796. The fourth-order valence-electron chi connectivity index (χ4n) is 3.24. The van der Waals surface area contributed by atoms with Crippen molar-refractivity contribution in [3.8, 4) is 0 Å². The topological polar surface area (TPSA) is 44.4 Å². The van der Waals surface area contributed by atoms with Crippen molar-refractivity contribution in [3.63, 3.8) is 0 Å². The lowest BCUT2D eigenvalue weighted by molar-refractivity contribution is 0.176. The second kappa shape index (κ2) is 9.59. The first kappa shape index (κ1) is 18.0. The van der Waals surface area contributed by atoms with Crippen molar-refractivity contribution in [2.24, 2.45) is 5.92 Å². The number of piperidine rings is 1. The average Bonchev–Trinajstić information content (AvgIpc) is 3.15. The zero-order valence-electron chi connectivity index (χ0n) is 14.6. The number of rotatable bonds is 7. The number of hydrogen-bond donors (Lipinski definition) is 2. The van der Waals surface area contributed by atoms with Gasteiger partial charge in [-0.1, -0.05) is 36.4 Å². The van der Waals surface area contributed by atoms with E-state index in [1.165, 1.54) is 10.4 Å². The van der Waals surface area contributed by atoms with Crippen LogP contribution in [-0.4, -0.2) is 37.1 Å². The second-order valence-electron chi connectivity index (χ2n) is 6.67. The standard InChI is InChI=1S/C20H27N3OS/c24-20(21-11-8-17-5-2-1-3-6-17)22-15-18-9-12-23(13-10-18)16-19-7-4-14-25-19/h1-7,14,18H,8-13,15-16H2,(H2,21,22,24). The second-order valence-corrected chi connectivity index (χ2v) is 7.70. The summed E-state index contributed by atoms with van der Waals surface area (Å²) in [6, 6.07) is 14.5. The maximum absolute atomic E-state index is 11.9. The Bertz CT molecular complexity index is 622. The molecule has 134 valence electrons. The van der Waals surface area contributed by atoms with E-state index in [1.54, 1.807) is 0 Å². The van der Waals surface area contributed by atoms with Gasteiger partial charge < -0.3 is 10.6 Å². The molecule has 2 aromatic rings. The van der Waals surface area contributed by atoms with Crippen LogP contribution in [-0.2, 0) is 13.0 Å². The van der Waals surface area contributed by atoms with Crippen LogP contribution >= 0.6 is 11.3 Å². The number of likely N-dealkylation sites (tertiary alicyclic amines) is 1. The largest absolute Gasteiger partial charge is 0.338 e. The molecule has 1 aromatic heterocycles. The minimum atomic E-state index is -0.0445. The van der Waals surface area contributed by atoms with Crippen LogP contribution in [0.2, 0.25) is 0 Å². The van der Waals surface area contributed by atoms with Gasteiger partial charge in [-0.2, -0.15) is 0 Å². The van der Waals surface area contributed by atoms with Crippen LogP contribution < -0.4 is 10.6 Å². The molecule has 2 N–H and O–H groups in total. The number of nitrogens with one attached hydrogen (secondary N) is 2. The van der Waals surface area contributed by atoms with Gasteiger partial charge in [0.15, 0.2) is 0 Å². The molecule has 0 unspecified atom stereocenters. The van der Waals surface area contributed by atoms with E-state index in [4.69, 9.17) is 0 Å². The van der Waals surface area contributed by atoms with Gasteiger partial charge in [-0.25, -0.2) is 4.79 Å². The van der Waals surface area contributed by atoms with E-state index in [-0.39, 0.29) is 6.03 Å². The van der Waals surface area contributed by atoms with Crippen molar-refractivity contribution in [3.05, 3.63) is 58.3 Å². The van der Waals surface area contributed by atoms with Gasteiger partial charge in [-0.05, 0) is 55.3 Å². The van der Waals surface area contributed by atoms with Gasteiger partial charge >= 0.3 is 6.03 Å². The van der Waals surface area contributed by atoms with Crippen LogP contribution in [0.15, 0.2) is 47.8 Å². The van der Waals surface area contributed by atoms with E-state index >= 15 is 0 Å². The highest BCUT2D eigenvalue weighted by atomic mass is 32.1. The molecule has 1 aliphatic rings. The van der Waals surface area contributed by atoms with Crippen LogP contribution in [0, 0.1) is 5.92 Å². The van der Waals surface area contributed by atoms with Crippen molar-refractivity contribution in [2.45, 2.75) is 25.8 Å². The number of benzene rings is 1. The lowest BCUT2D eigenvalue weighted by atomic mass is 9.97. The summed E-state index contributed by atoms with van der Waals surface area (Å²) in [5.74, 6) is 0.597. The van der Waals surface area contributed by atoms with E-state index in [1.807, 2.05) is 29.5 Å². The molecular weight excluding hydrogens is 330 g/mol. The average molecular weight is 358 g/mol. The van der Waals surface area contributed by atoms with E-state index < -0.39 is 0 Å². The Labute approximate surface area is 154 Å². The molecule has 1 aliphatic heterocycles. The molecule has 2 heterocycles. The first-order valence-corrected chi connectivity index (χ1v) is 9.98. The van der Waals surface area contributed by atoms with E-state index in [2.05, 4.69) is 45.2 Å². The number of thiophene rings is 1. The Morgan fingerprint density at radius 1 is 1.08 bits per heavy atom. The van der Waals surface area contributed by atoms with Gasteiger partial charge in [0, 0.05) is 24.5 Å². The number of carbonyl (C=O) groups is 1. The summed E-state index contributed by atoms with van der Waals surface area (Å²) in [6.45, 7) is 4.77. The summed E-state index contributed by atoms with van der Waals surface area (Å²) in [5.41, 5.74) is 1.25. The number of urea groups is 1. The van der Waals surface area contributed by atoms with Crippen molar-refractivity contribution in [1.82, 2.24) is 15.5 Å². The Hall–Kier alpha value is -1.85. The first-order valence-electron chi connectivity index (χ1n) is 9.10. The maximum atomic E-state index is 11.9. The Kier molecular flexibility index (Phi) is 6.89. The normalized spacial score (nSPS) is 15.8. The van der Waals surface area contributed by atoms with Crippen molar-refractivity contribution in [2.75, 3.05) is 26.2 Å². The smallest absolute Gasteiger partial charge is 0.314 e. The van der Waals surface area contributed by atoms with Gasteiger partial charge in [0.2, 0.25) is 0 Å². The van der Waals surface area contributed by atoms with E-state index in [0.717, 1.165) is 45.4 Å². The summed E-state index contributed by atoms with van der Waals surface area (Å²) >= 11 is 1.83. The van der Waals surface area contributed by atoms with Gasteiger partial charge in [-0.3, -0.25) is 4.90 Å². The van der Waals surface area contributed by atoms with Crippen molar-refractivity contribution >= 4 is 17.4 Å². The number of amides is 2. The number of carbonyl (C=O) groups excluding carboxylic acids is 1. The predicted molar refractivity (Wildman–Crippen MR) is 104 cm³/mol. The zero-order valence-corrected chi connectivity index (χ0v) is 15.4. The van der Waals surface area contributed by atoms with Crippen molar-refractivity contribution < 1.29 is 4.79 Å². The summed E-state index contributed by atoms with van der Waals surface area (Å²) < 4.78 is 0. The fourth-order valence-corrected chi connectivity index (χ4v) is 3.98. The van der Waals surface area contributed by atoms with Crippen LogP contribution in [0.5, 0.6) is 0 Å². The van der Waals surface area contributed by atoms with E-state index in [0.29, 0.717) is 12.5 Å². The third kappa shape index (κ3) is 6.18.